The fourth-order valence-corrected chi connectivity index (χ4v) is 3.02. The van der Waals surface area contributed by atoms with Crippen molar-refractivity contribution < 1.29 is 49.0 Å². The zero-order valence-electron chi connectivity index (χ0n) is 14.5. The summed E-state index contributed by atoms with van der Waals surface area (Å²) in [6.45, 7) is 10.8. The van der Waals surface area contributed by atoms with Gasteiger partial charge in [0.25, 0.3) is 0 Å². The molecule has 0 N–H and O–H groups in total. The maximum atomic E-state index is 3.14. The van der Waals surface area contributed by atoms with Crippen LogP contribution in [0.4, 0.5) is 0 Å². The number of hydrogen-bond donors (Lipinski definition) is 0. The Balaban J connectivity index is 0. The number of hydrogen-bond acceptors (Lipinski definition) is 1. The van der Waals surface area contributed by atoms with Gasteiger partial charge < -0.3 is 24.8 Å². The molecule has 4 heteroatoms. The molecule has 0 amide bonds. The van der Waals surface area contributed by atoms with Crippen LogP contribution in [0.2, 0.25) is 0 Å². The van der Waals surface area contributed by atoms with Crippen molar-refractivity contribution in [1.82, 2.24) is 0 Å². The van der Waals surface area contributed by atoms with Crippen molar-refractivity contribution in [3.63, 3.8) is 0 Å². The molecule has 1 heterocycles. The number of halogens is 2. The molecule has 0 spiro atoms. The molecular weight excluding hydrogens is 422 g/mol. The van der Waals surface area contributed by atoms with Crippen LogP contribution in [0.1, 0.15) is 41.0 Å². The topological polar surface area (TPSA) is 0 Å². The predicted octanol–water partition coefficient (Wildman–Crippen LogP) is -0.208. The van der Waals surface area contributed by atoms with Gasteiger partial charge in [0.05, 0.1) is 0 Å². The van der Waals surface area contributed by atoms with Crippen molar-refractivity contribution in [3.8, 4) is 0 Å². The Bertz CT molecular complexity index is 521. The molecule has 0 saturated carbocycles. The van der Waals surface area contributed by atoms with E-state index in [1.54, 1.807) is 24.2 Å². The van der Waals surface area contributed by atoms with Crippen LogP contribution in [0, 0.1) is 17.9 Å². The third-order valence-electron chi connectivity index (χ3n) is 2.99. The molecule has 0 nitrogen and oxygen atoms in total. The summed E-state index contributed by atoms with van der Waals surface area (Å²) < 4.78 is 1.51. The minimum atomic E-state index is 0. The summed E-state index contributed by atoms with van der Waals surface area (Å²) in [6.07, 6.45) is 17.3. The van der Waals surface area contributed by atoms with E-state index in [0.717, 1.165) is 6.42 Å². The molecular formula is C19H25Cl2SZr-. The van der Waals surface area contributed by atoms with E-state index in [-0.39, 0.29) is 24.8 Å². The molecule has 3 aliphatic rings. The summed E-state index contributed by atoms with van der Waals surface area (Å²) >= 11 is 3.45. The van der Waals surface area contributed by atoms with E-state index in [9.17, 15) is 0 Å². The first-order chi connectivity index (χ1) is 9.90. The summed E-state index contributed by atoms with van der Waals surface area (Å²) in [4.78, 5) is 2.93. The normalized spacial score (nSPS) is 19.1. The van der Waals surface area contributed by atoms with Crippen molar-refractivity contribution in [2.75, 3.05) is 0 Å². The van der Waals surface area contributed by atoms with Gasteiger partial charge in [-0.2, -0.15) is 11.6 Å². The van der Waals surface area contributed by atoms with Crippen LogP contribution in [-0.2, 0) is 24.2 Å². The molecule has 0 saturated heterocycles. The van der Waals surface area contributed by atoms with Crippen LogP contribution in [0.3, 0.4) is 0 Å². The number of thioether (sulfide) groups is 1. The molecule has 1 atom stereocenters. The first kappa shape index (κ1) is 25.6. The summed E-state index contributed by atoms with van der Waals surface area (Å²) in [5, 5.41) is 0. The summed E-state index contributed by atoms with van der Waals surface area (Å²) in [5.41, 5.74) is 1.44. The van der Waals surface area contributed by atoms with E-state index >= 15 is 0 Å². The van der Waals surface area contributed by atoms with Gasteiger partial charge in [-0.15, -0.1) is 6.42 Å². The first-order valence-corrected chi connectivity index (χ1v) is 9.47. The third kappa shape index (κ3) is 10.8. The van der Waals surface area contributed by atoms with Gasteiger partial charge in [0.1, 0.15) is 0 Å². The number of allylic oxidation sites excluding steroid dienone is 10. The van der Waals surface area contributed by atoms with E-state index in [2.05, 4.69) is 77.2 Å². The minimum Gasteiger partial charge on any atom is -1.00 e. The molecule has 23 heavy (non-hydrogen) atoms. The van der Waals surface area contributed by atoms with E-state index < -0.39 is 0 Å². The standard InChI is InChI=1S/C8H8S.C8H11.C3H6.2ClH.Zr/c1-6-5-7-3-2-4-8(7)9-6;1-7(2)8-5-3-4-6-8;1-3-2;;;/h2-5,7H,1H3;5-7H,3H2,1-2H3;1-2H3;2*1H;/q;-1;;;;+2/p-2. The predicted molar refractivity (Wildman–Crippen MR) is 93.8 cm³/mol. The average Bonchev–Trinajstić information content (AvgIpc) is 3.02. The number of rotatable bonds is 1. The molecule has 126 valence electrons. The third-order valence-corrected chi connectivity index (χ3v) is 4.09. The van der Waals surface area contributed by atoms with E-state index in [4.69, 9.17) is 0 Å². The Hall–Kier alpha value is 0.383. The Kier molecular flexibility index (Phi) is 15.2. The zero-order valence-corrected chi connectivity index (χ0v) is 19.3. The van der Waals surface area contributed by atoms with Gasteiger partial charge in [-0.1, -0.05) is 55.8 Å². The fourth-order valence-electron chi connectivity index (χ4n) is 2.00. The maximum Gasteiger partial charge on any atom is -1.00 e. The van der Waals surface area contributed by atoms with Crippen LogP contribution in [0.15, 0.2) is 51.8 Å². The van der Waals surface area contributed by atoms with Gasteiger partial charge in [0.15, 0.2) is 0 Å². The second-order valence-electron chi connectivity index (χ2n) is 5.77. The molecule has 2 aliphatic carbocycles. The minimum absolute atomic E-state index is 0. The second-order valence-corrected chi connectivity index (χ2v) is 9.55. The molecule has 0 bridgehead atoms. The Labute approximate surface area is 173 Å². The van der Waals surface area contributed by atoms with Crippen LogP contribution in [0.5, 0.6) is 0 Å². The first-order valence-electron chi connectivity index (χ1n) is 7.43. The Morgan fingerprint density at radius 2 is 1.91 bits per heavy atom. The van der Waals surface area contributed by atoms with Crippen molar-refractivity contribution in [3.05, 3.63) is 57.9 Å². The van der Waals surface area contributed by atoms with Crippen LogP contribution in [-0.4, -0.2) is 3.21 Å². The second kappa shape index (κ2) is 13.6. The zero-order chi connectivity index (χ0) is 15.8. The molecule has 1 aliphatic heterocycles. The largest absolute Gasteiger partial charge is 1.00 e. The van der Waals surface area contributed by atoms with Crippen molar-refractivity contribution in [2.24, 2.45) is 11.8 Å². The van der Waals surface area contributed by atoms with Crippen molar-refractivity contribution in [2.45, 2.75) is 41.0 Å². The van der Waals surface area contributed by atoms with Crippen molar-refractivity contribution in [1.29, 1.82) is 0 Å². The van der Waals surface area contributed by atoms with Crippen molar-refractivity contribution >= 4 is 15.0 Å². The Morgan fingerprint density at radius 1 is 1.30 bits per heavy atom. The molecule has 0 radical (unpaired) electrons. The van der Waals surface area contributed by atoms with E-state index in [1.807, 2.05) is 11.8 Å². The monoisotopic (exact) mass is 445 g/mol. The summed E-state index contributed by atoms with van der Waals surface area (Å²) in [6, 6.07) is 0. The molecule has 1 unspecified atom stereocenters. The van der Waals surface area contributed by atoms with E-state index in [1.165, 1.54) is 18.6 Å². The molecule has 0 aromatic carbocycles. The number of fused-ring (bicyclic) bond motifs is 1. The molecule has 3 rings (SSSR count). The van der Waals surface area contributed by atoms with Gasteiger partial charge >= 0.3 is 41.3 Å². The summed E-state index contributed by atoms with van der Waals surface area (Å²) in [7, 11) is 0. The van der Waals surface area contributed by atoms with Gasteiger partial charge in [-0.05, 0) is 11.8 Å². The van der Waals surface area contributed by atoms with Gasteiger partial charge in [0, 0.05) is 10.8 Å². The van der Waals surface area contributed by atoms with Gasteiger partial charge in [0.2, 0.25) is 0 Å². The molecule has 0 fully saturated rings. The molecule has 0 aromatic heterocycles. The van der Waals surface area contributed by atoms with Gasteiger partial charge in [-0.3, -0.25) is 6.08 Å². The van der Waals surface area contributed by atoms with Crippen LogP contribution in [0.25, 0.3) is 0 Å². The Morgan fingerprint density at radius 3 is 2.30 bits per heavy atom. The fraction of sp³-hybridized carbons (Fsp3) is 0.421. The SMILES string of the molecule is CC(C)C1=CC[C-]=C1.CC1=CC2C=CC=C2S1.C[C](C)=[Zr+2].[Cl-].[Cl-]. The average molecular weight is 448 g/mol. The molecule has 0 aromatic rings. The van der Waals surface area contributed by atoms with Gasteiger partial charge in [-0.25, -0.2) is 6.08 Å². The maximum absolute atomic E-state index is 3.14. The smallest absolute Gasteiger partial charge is 1.00 e. The van der Waals surface area contributed by atoms with E-state index in [0.29, 0.717) is 11.8 Å². The quantitative estimate of drug-likeness (QED) is 0.502. The van der Waals surface area contributed by atoms with Crippen LogP contribution < -0.4 is 24.8 Å². The van der Waals surface area contributed by atoms with Crippen LogP contribution >= 0.6 is 11.8 Å². The summed E-state index contributed by atoms with van der Waals surface area (Å²) in [5.74, 6) is 1.32.